The fraction of sp³-hybridized carbons (Fsp3) is 0.462. The van der Waals surface area contributed by atoms with Crippen molar-refractivity contribution >= 4 is 17.6 Å². The lowest BCUT2D eigenvalue weighted by atomic mass is 9.78. The summed E-state index contributed by atoms with van der Waals surface area (Å²) in [7, 11) is 1.54. The molecule has 0 heterocycles. The maximum atomic E-state index is 10.9. The van der Waals surface area contributed by atoms with E-state index in [1.807, 2.05) is 26.8 Å². The van der Waals surface area contributed by atoms with E-state index in [1.54, 1.807) is 13.2 Å². The highest BCUT2D eigenvalue weighted by Gasteiger charge is 2.30. The van der Waals surface area contributed by atoms with Gasteiger partial charge in [0.15, 0.2) is 0 Å². The van der Waals surface area contributed by atoms with E-state index < -0.39 is 11.4 Å². The van der Waals surface area contributed by atoms with Crippen molar-refractivity contribution in [1.82, 2.24) is 0 Å². The first-order chi connectivity index (χ1) is 7.79. The molecule has 17 heavy (non-hydrogen) atoms. The number of aryl methyl sites for hydroxylation is 1. The van der Waals surface area contributed by atoms with E-state index in [9.17, 15) is 4.79 Å². The number of rotatable bonds is 4. The summed E-state index contributed by atoms with van der Waals surface area (Å²) in [4.78, 5) is 10.9. The Morgan fingerprint density at radius 2 is 2.06 bits per heavy atom. The van der Waals surface area contributed by atoms with Crippen molar-refractivity contribution in [2.24, 2.45) is 0 Å². The van der Waals surface area contributed by atoms with Crippen LogP contribution in [0.15, 0.2) is 12.1 Å². The maximum absolute atomic E-state index is 10.9. The molecule has 0 unspecified atom stereocenters. The summed E-state index contributed by atoms with van der Waals surface area (Å²) >= 11 is 6.07. The molecule has 0 atom stereocenters. The van der Waals surface area contributed by atoms with Crippen molar-refractivity contribution in [2.75, 3.05) is 7.11 Å². The van der Waals surface area contributed by atoms with Crippen LogP contribution < -0.4 is 4.74 Å². The van der Waals surface area contributed by atoms with Crippen molar-refractivity contribution < 1.29 is 14.6 Å². The molecule has 1 aromatic carbocycles. The summed E-state index contributed by atoms with van der Waals surface area (Å²) in [6.07, 6.45) is 0.0323. The molecule has 0 fully saturated rings. The minimum absolute atomic E-state index is 0.0323. The van der Waals surface area contributed by atoms with Crippen molar-refractivity contribution in [1.29, 1.82) is 0 Å². The van der Waals surface area contributed by atoms with Crippen molar-refractivity contribution in [2.45, 2.75) is 32.6 Å². The molecule has 0 saturated carbocycles. The molecule has 0 saturated heterocycles. The fourth-order valence-corrected chi connectivity index (χ4v) is 2.40. The lowest BCUT2D eigenvalue weighted by Crippen LogP contribution is -2.23. The Labute approximate surface area is 106 Å². The first-order valence-electron chi connectivity index (χ1n) is 5.35. The fourth-order valence-electron chi connectivity index (χ4n) is 2.16. The molecule has 0 amide bonds. The smallest absolute Gasteiger partial charge is 0.304 e. The second kappa shape index (κ2) is 4.96. The van der Waals surface area contributed by atoms with Gasteiger partial charge in [-0.25, -0.2) is 0 Å². The zero-order valence-electron chi connectivity index (χ0n) is 10.5. The van der Waals surface area contributed by atoms with Gasteiger partial charge in [-0.15, -0.1) is 0 Å². The molecule has 0 spiro atoms. The van der Waals surface area contributed by atoms with Crippen LogP contribution in [0.4, 0.5) is 0 Å². The Balaban J connectivity index is 3.38. The number of carboxylic acid groups (broad SMARTS) is 1. The molecule has 0 aromatic heterocycles. The quantitative estimate of drug-likeness (QED) is 0.898. The standard InChI is InChI=1S/C13H17ClO3/c1-8-5-6-9(14)12(17-4)11(8)13(2,3)7-10(15)16/h5-6H,7H2,1-4H3,(H,15,16). The van der Waals surface area contributed by atoms with Gasteiger partial charge >= 0.3 is 5.97 Å². The number of benzene rings is 1. The zero-order chi connectivity index (χ0) is 13.2. The van der Waals surface area contributed by atoms with Gasteiger partial charge in [-0.05, 0) is 18.6 Å². The van der Waals surface area contributed by atoms with Crippen LogP contribution in [0.5, 0.6) is 5.75 Å². The Morgan fingerprint density at radius 3 is 2.53 bits per heavy atom. The summed E-state index contributed by atoms with van der Waals surface area (Å²) in [6.45, 7) is 5.68. The Morgan fingerprint density at radius 1 is 1.47 bits per heavy atom. The number of aliphatic carboxylic acids is 1. The average molecular weight is 257 g/mol. The van der Waals surface area contributed by atoms with E-state index in [-0.39, 0.29) is 6.42 Å². The molecule has 0 aliphatic heterocycles. The molecule has 1 N–H and O–H groups in total. The predicted molar refractivity (Wildman–Crippen MR) is 68.0 cm³/mol. The summed E-state index contributed by atoms with van der Waals surface area (Å²) < 4.78 is 5.30. The lowest BCUT2D eigenvalue weighted by Gasteiger charge is -2.27. The van der Waals surface area contributed by atoms with Crippen molar-refractivity contribution in [3.05, 3.63) is 28.3 Å². The first-order valence-corrected chi connectivity index (χ1v) is 5.72. The van der Waals surface area contributed by atoms with Crippen LogP contribution in [0.1, 0.15) is 31.4 Å². The minimum atomic E-state index is -0.837. The number of ether oxygens (including phenoxy) is 1. The Hall–Kier alpha value is -1.22. The highest BCUT2D eigenvalue weighted by atomic mass is 35.5. The second-order valence-corrected chi connectivity index (χ2v) is 5.13. The molecule has 0 radical (unpaired) electrons. The van der Waals surface area contributed by atoms with Crippen LogP contribution in [0.2, 0.25) is 5.02 Å². The van der Waals surface area contributed by atoms with Crippen LogP contribution in [-0.2, 0) is 10.2 Å². The van der Waals surface area contributed by atoms with Gasteiger partial charge in [0.1, 0.15) is 5.75 Å². The van der Waals surface area contributed by atoms with E-state index in [0.29, 0.717) is 10.8 Å². The topological polar surface area (TPSA) is 46.5 Å². The van der Waals surface area contributed by atoms with E-state index in [2.05, 4.69) is 0 Å². The minimum Gasteiger partial charge on any atom is -0.495 e. The normalized spacial score (nSPS) is 11.4. The van der Waals surface area contributed by atoms with Crippen LogP contribution in [0.25, 0.3) is 0 Å². The number of methoxy groups -OCH3 is 1. The largest absolute Gasteiger partial charge is 0.495 e. The van der Waals surface area contributed by atoms with E-state index in [1.165, 1.54) is 0 Å². The highest BCUT2D eigenvalue weighted by Crippen LogP contribution is 2.40. The summed E-state index contributed by atoms with van der Waals surface area (Å²) in [5.74, 6) is -0.269. The molecule has 1 rings (SSSR count). The van der Waals surface area contributed by atoms with Gasteiger partial charge in [-0.1, -0.05) is 31.5 Å². The molecule has 3 nitrogen and oxygen atoms in total. The molecule has 4 heteroatoms. The average Bonchev–Trinajstić information content (AvgIpc) is 2.18. The van der Waals surface area contributed by atoms with Gasteiger partial charge in [0.2, 0.25) is 0 Å². The highest BCUT2D eigenvalue weighted by molar-refractivity contribution is 6.32. The van der Waals surface area contributed by atoms with Crippen LogP contribution in [0, 0.1) is 6.92 Å². The molecule has 94 valence electrons. The number of hydrogen-bond acceptors (Lipinski definition) is 2. The lowest BCUT2D eigenvalue weighted by molar-refractivity contribution is -0.138. The third kappa shape index (κ3) is 2.91. The third-order valence-electron chi connectivity index (χ3n) is 2.79. The van der Waals surface area contributed by atoms with Crippen molar-refractivity contribution in [3.8, 4) is 5.75 Å². The molecule has 1 aromatic rings. The van der Waals surface area contributed by atoms with Crippen LogP contribution in [-0.4, -0.2) is 18.2 Å². The van der Waals surface area contributed by atoms with Gasteiger partial charge < -0.3 is 9.84 Å². The molecular formula is C13H17ClO3. The number of carbonyl (C=O) groups is 1. The monoisotopic (exact) mass is 256 g/mol. The Kier molecular flexibility index (Phi) is 4.04. The van der Waals surface area contributed by atoms with E-state index in [4.69, 9.17) is 21.4 Å². The summed E-state index contributed by atoms with van der Waals surface area (Å²) in [6, 6.07) is 3.64. The number of hydrogen-bond donors (Lipinski definition) is 1. The number of carboxylic acids is 1. The zero-order valence-corrected chi connectivity index (χ0v) is 11.3. The second-order valence-electron chi connectivity index (χ2n) is 4.73. The van der Waals surface area contributed by atoms with Crippen LogP contribution in [0.3, 0.4) is 0 Å². The van der Waals surface area contributed by atoms with Gasteiger partial charge in [-0.3, -0.25) is 4.79 Å². The molecule has 0 aliphatic rings. The first kappa shape index (κ1) is 13.8. The van der Waals surface area contributed by atoms with Gasteiger partial charge in [0, 0.05) is 11.0 Å². The SMILES string of the molecule is COc1c(Cl)ccc(C)c1C(C)(C)CC(=O)O. The van der Waals surface area contributed by atoms with Gasteiger partial charge in [-0.2, -0.15) is 0 Å². The van der Waals surface area contributed by atoms with Gasteiger partial charge in [0.25, 0.3) is 0 Å². The maximum Gasteiger partial charge on any atom is 0.304 e. The molecule has 0 bridgehead atoms. The van der Waals surface area contributed by atoms with E-state index >= 15 is 0 Å². The summed E-state index contributed by atoms with van der Waals surface area (Å²) in [5.41, 5.74) is 1.32. The van der Waals surface area contributed by atoms with E-state index in [0.717, 1.165) is 11.1 Å². The van der Waals surface area contributed by atoms with Crippen LogP contribution >= 0.6 is 11.6 Å². The van der Waals surface area contributed by atoms with Gasteiger partial charge in [0.05, 0.1) is 18.6 Å². The number of halogens is 1. The molecular weight excluding hydrogens is 240 g/mol. The molecule has 0 aliphatic carbocycles. The summed E-state index contributed by atoms with van der Waals surface area (Å²) in [5, 5.41) is 9.47. The predicted octanol–water partition coefficient (Wildman–Crippen LogP) is 3.41. The Bertz CT molecular complexity index is 439. The third-order valence-corrected chi connectivity index (χ3v) is 3.09. The van der Waals surface area contributed by atoms with Crippen molar-refractivity contribution in [3.63, 3.8) is 0 Å².